The predicted molar refractivity (Wildman–Crippen MR) is 105 cm³/mol. The summed E-state index contributed by atoms with van der Waals surface area (Å²) in [6, 6.07) is 7.45. The van der Waals surface area contributed by atoms with Crippen LogP contribution in [0.3, 0.4) is 0 Å². The minimum Gasteiger partial charge on any atom is -0.359 e. The summed E-state index contributed by atoms with van der Waals surface area (Å²) in [7, 11) is -0.108. The van der Waals surface area contributed by atoms with E-state index in [1.165, 1.54) is 0 Å². The number of benzene rings is 1. The number of likely N-dealkylation sites (tertiary alicyclic amines) is 1. The molecule has 1 amide bonds. The van der Waals surface area contributed by atoms with Gasteiger partial charge < -0.3 is 5.32 Å². The second-order valence-electron chi connectivity index (χ2n) is 7.12. The van der Waals surface area contributed by atoms with Crippen molar-refractivity contribution in [2.45, 2.75) is 43.2 Å². The summed E-state index contributed by atoms with van der Waals surface area (Å²) in [5, 5.41) is 3.45. The van der Waals surface area contributed by atoms with E-state index in [0.717, 1.165) is 23.8 Å². The molecule has 8 heteroatoms. The van der Waals surface area contributed by atoms with Gasteiger partial charge in [0.05, 0.1) is 5.52 Å². The van der Waals surface area contributed by atoms with Gasteiger partial charge >= 0.3 is 0 Å². The van der Waals surface area contributed by atoms with Crippen LogP contribution in [-0.4, -0.2) is 56.9 Å². The van der Waals surface area contributed by atoms with Gasteiger partial charge in [0.2, 0.25) is 15.9 Å². The van der Waals surface area contributed by atoms with Gasteiger partial charge in [-0.15, -0.1) is 0 Å². The zero-order valence-corrected chi connectivity index (χ0v) is 16.7. The molecule has 146 valence electrons. The molecule has 2 atom stereocenters. The normalized spacial score (nSPS) is 20.9. The van der Waals surface area contributed by atoms with Crippen LogP contribution in [0.2, 0.25) is 0 Å². The molecule has 0 aliphatic carbocycles. The number of carbonyl (C=O) groups excluding carboxylic acids is 1. The molecule has 1 aromatic heterocycles. The Bertz CT molecular complexity index is 945. The highest BCUT2D eigenvalue weighted by Gasteiger charge is 2.32. The third kappa shape index (κ3) is 4.28. The summed E-state index contributed by atoms with van der Waals surface area (Å²) in [6.07, 6.45) is 3.77. The molecule has 0 unspecified atom stereocenters. The molecule has 1 fully saturated rings. The molecule has 27 heavy (non-hydrogen) atoms. The number of hydrogen-bond acceptors (Lipinski definition) is 5. The lowest BCUT2D eigenvalue weighted by Crippen LogP contribution is -2.42. The summed E-state index contributed by atoms with van der Waals surface area (Å²) in [6.45, 7) is 2.19. The Kier molecular flexibility index (Phi) is 5.78. The molecule has 3 rings (SSSR count). The maximum Gasteiger partial charge on any atom is 0.242 e. The number of amides is 1. The van der Waals surface area contributed by atoms with Crippen LogP contribution in [-0.2, 0) is 14.8 Å². The fraction of sp³-hybridized carbons (Fsp3) is 0.474. The number of fused-ring (bicyclic) bond motifs is 1. The van der Waals surface area contributed by atoms with Gasteiger partial charge in [0.15, 0.2) is 0 Å². The van der Waals surface area contributed by atoms with Gasteiger partial charge in [-0.1, -0.05) is 6.07 Å². The first-order valence-electron chi connectivity index (χ1n) is 9.09. The van der Waals surface area contributed by atoms with E-state index < -0.39 is 10.0 Å². The smallest absolute Gasteiger partial charge is 0.242 e. The number of aryl methyl sites for hydroxylation is 1. The van der Waals surface area contributed by atoms with Gasteiger partial charge in [-0.25, -0.2) is 13.1 Å². The van der Waals surface area contributed by atoms with Crippen molar-refractivity contribution in [2.75, 3.05) is 20.6 Å². The van der Waals surface area contributed by atoms with Crippen LogP contribution in [0, 0.1) is 6.92 Å². The molecule has 1 saturated heterocycles. The Hall–Kier alpha value is -2.03. The van der Waals surface area contributed by atoms with E-state index in [2.05, 4.69) is 19.9 Å². The van der Waals surface area contributed by atoms with Crippen molar-refractivity contribution in [3.8, 4) is 0 Å². The number of sulfonamides is 1. The summed E-state index contributed by atoms with van der Waals surface area (Å²) in [5.74, 6) is 0.00499. The second kappa shape index (κ2) is 7.92. The summed E-state index contributed by atoms with van der Waals surface area (Å²) < 4.78 is 28.6. The predicted octanol–water partition coefficient (Wildman–Crippen LogP) is 1.42. The Labute approximate surface area is 160 Å². The summed E-state index contributed by atoms with van der Waals surface area (Å²) in [5.41, 5.74) is 1.35. The van der Waals surface area contributed by atoms with Gasteiger partial charge in [-0.2, -0.15) is 0 Å². The quantitative estimate of drug-likeness (QED) is 0.778. The van der Waals surface area contributed by atoms with Crippen LogP contribution in [0.1, 0.15) is 24.8 Å². The Morgan fingerprint density at radius 2 is 2.04 bits per heavy atom. The number of nitrogens with one attached hydrogen (secondary N) is 2. The molecule has 1 aliphatic heterocycles. The molecule has 1 aromatic carbocycles. The van der Waals surface area contributed by atoms with Crippen molar-refractivity contribution < 1.29 is 13.2 Å². The SMILES string of the molecule is CNC(=O)C[C@H]1CC[C@@H](CNS(=O)(=O)c2cc(C)cc3cccnc23)N1C. The largest absolute Gasteiger partial charge is 0.359 e. The summed E-state index contributed by atoms with van der Waals surface area (Å²) in [4.78, 5) is 18.2. The fourth-order valence-corrected chi connectivity index (χ4v) is 5.02. The van der Waals surface area contributed by atoms with E-state index in [0.29, 0.717) is 18.5 Å². The molecule has 0 saturated carbocycles. The van der Waals surface area contributed by atoms with E-state index in [1.54, 1.807) is 25.4 Å². The molecule has 0 spiro atoms. The summed E-state index contributed by atoms with van der Waals surface area (Å²) >= 11 is 0. The number of rotatable bonds is 6. The molecule has 7 nitrogen and oxygen atoms in total. The van der Waals surface area contributed by atoms with E-state index in [9.17, 15) is 13.2 Å². The average Bonchev–Trinajstić information content (AvgIpc) is 2.99. The number of carbonyl (C=O) groups is 1. The lowest BCUT2D eigenvalue weighted by Gasteiger charge is -2.25. The van der Waals surface area contributed by atoms with Crippen LogP contribution in [0.15, 0.2) is 35.4 Å². The maximum absolute atomic E-state index is 12.9. The van der Waals surface area contributed by atoms with Crippen molar-refractivity contribution in [1.29, 1.82) is 0 Å². The number of pyridine rings is 1. The first-order valence-corrected chi connectivity index (χ1v) is 10.6. The number of aromatic nitrogens is 1. The standard InChI is InChI=1S/C19H26N4O3S/c1-13-9-14-5-4-8-21-19(14)17(10-13)27(25,26)22-12-16-7-6-15(23(16)3)11-18(24)20-2/h4-5,8-10,15-16,22H,6-7,11-12H2,1-3H3,(H,20,24)/t15-,16+/m1/s1. The van der Waals surface area contributed by atoms with Crippen molar-refractivity contribution in [1.82, 2.24) is 19.9 Å². The molecule has 0 bridgehead atoms. The van der Waals surface area contributed by atoms with Gasteiger partial charge in [0, 0.05) is 43.7 Å². The lowest BCUT2D eigenvalue weighted by molar-refractivity contribution is -0.121. The van der Waals surface area contributed by atoms with E-state index in [4.69, 9.17) is 0 Å². The topological polar surface area (TPSA) is 91.4 Å². The third-order valence-electron chi connectivity index (χ3n) is 5.30. The van der Waals surface area contributed by atoms with Crippen LogP contribution in [0.5, 0.6) is 0 Å². The van der Waals surface area contributed by atoms with Crippen LogP contribution < -0.4 is 10.0 Å². The molecule has 2 heterocycles. The van der Waals surface area contributed by atoms with E-state index >= 15 is 0 Å². The average molecular weight is 391 g/mol. The fourth-order valence-electron chi connectivity index (χ4n) is 3.69. The minimum absolute atomic E-state index is 0.00499. The van der Waals surface area contributed by atoms with Crippen molar-refractivity contribution >= 4 is 26.8 Å². The van der Waals surface area contributed by atoms with Gasteiger partial charge in [-0.3, -0.25) is 14.7 Å². The Balaban J connectivity index is 1.74. The zero-order valence-electron chi connectivity index (χ0n) is 15.9. The maximum atomic E-state index is 12.9. The first-order chi connectivity index (χ1) is 12.8. The lowest BCUT2D eigenvalue weighted by atomic mass is 10.1. The molecular weight excluding hydrogens is 364 g/mol. The van der Waals surface area contributed by atoms with Gasteiger partial charge in [-0.05, 0) is 50.6 Å². The number of likely N-dealkylation sites (N-methyl/N-ethyl adjacent to an activating group) is 1. The van der Waals surface area contributed by atoms with Gasteiger partial charge in [0.25, 0.3) is 0 Å². The zero-order chi connectivity index (χ0) is 19.6. The second-order valence-corrected chi connectivity index (χ2v) is 8.85. The van der Waals surface area contributed by atoms with Crippen molar-refractivity contribution in [3.63, 3.8) is 0 Å². The van der Waals surface area contributed by atoms with Crippen LogP contribution >= 0.6 is 0 Å². The minimum atomic E-state index is -3.68. The Morgan fingerprint density at radius 3 is 2.78 bits per heavy atom. The highest BCUT2D eigenvalue weighted by atomic mass is 32.2. The van der Waals surface area contributed by atoms with Crippen molar-refractivity contribution in [3.05, 3.63) is 36.0 Å². The molecule has 2 N–H and O–H groups in total. The monoisotopic (exact) mass is 390 g/mol. The number of hydrogen-bond donors (Lipinski definition) is 2. The molecule has 1 aliphatic rings. The Morgan fingerprint density at radius 1 is 1.30 bits per heavy atom. The molecule has 2 aromatic rings. The van der Waals surface area contributed by atoms with E-state index in [-0.39, 0.29) is 22.9 Å². The third-order valence-corrected chi connectivity index (χ3v) is 6.73. The van der Waals surface area contributed by atoms with Crippen LogP contribution in [0.4, 0.5) is 0 Å². The van der Waals surface area contributed by atoms with Crippen LogP contribution in [0.25, 0.3) is 10.9 Å². The van der Waals surface area contributed by atoms with E-state index in [1.807, 2.05) is 26.1 Å². The first kappa shape index (κ1) is 19.7. The molecule has 0 radical (unpaired) electrons. The van der Waals surface area contributed by atoms with Gasteiger partial charge in [0.1, 0.15) is 4.90 Å². The highest BCUT2D eigenvalue weighted by molar-refractivity contribution is 7.89. The van der Waals surface area contributed by atoms with Crippen molar-refractivity contribution in [2.24, 2.45) is 0 Å². The molecular formula is C19H26N4O3S. The highest BCUT2D eigenvalue weighted by Crippen LogP contribution is 2.26. The number of nitrogens with zero attached hydrogens (tertiary/aromatic N) is 2.